The molecule has 0 saturated heterocycles. The van der Waals surface area contributed by atoms with Gasteiger partial charge in [0.1, 0.15) is 0 Å². The van der Waals surface area contributed by atoms with Crippen LogP contribution in [0.25, 0.3) is 11.0 Å². The molecule has 2 heterocycles. The third-order valence-corrected chi connectivity index (χ3v) is 2.30. The molecule has 0 fully saturated rings. The fourth-order valence-corrected chi connectivity index (χ4v) is 1.55. The number of H-pyrrole nitrogens is 1. The van der Waals surface area contributed by atoms with Crippen LogP contribution in [0, 0.1) is 0 Å². The maximum Gasteiger partial charge on any atom is 0.313 e. The summed E-state index contributed by atoms with van der Waals surface area (Å²) in [6.45, 7) is 0. The summed E-state index contributed by atoms with van der Waals surface area (Å²) in [6.07, 6.45) is 3.15. The van der Waals surface area contributed by atoms with E-state index in [0.717, 1.165) is 11.0 Å². The molecular formula is C11H8N4O. The Morgan fingerprint density at radius 3 is 2.88 bits per heavy atom. The lowest BCUT2D eigenvalue weighted by Gasteiger charge is -1.94. The van der Waals surface area contributed by atoms with Crippen molar-refractivity contribution in [3.05, 3.63) is 48.5 Å². The van der Waals surface area contributed by atoms with E-state index in [2.05, 4.69) is 15.1 Å². The number of nitrogens with one attached hydrogen (secondary N) is 1. The van der Waals surface area contributed by atoms with Crippen LogP contribution in [0.4, 0.5) is 0 Å². The summed E-state index contributed by atoms with van der Waals surface area (Å²) in [5.74, 6) is 0.0334. The average Bonchev–Trinajstić information content (AvgIpc) is 2.97. The van der Waals surface area contributed by atoms with Crippen molar-refractivity contribution in [3.8, 4) is 0 Å². The molecule has 5 heteroatoms. The Kier molecular flexibility index (Phi) is 1.83. The van der Waals surface area contributed by atoms with Gasteiger partial charge >= 0.3 is 5.91 Å². The maximum absolute atomic E-state index is 11.9. The van der Waals surface area contributed by atoms with Gasteiger partial charge in [0.2, 0.25) is 0 Å². The lowest BCUT2D eigenvalue weighted by molar-refractivity contribution is 0.0936. The number of carbonyl (C=O) groups excluding carboxylic acids is 1. The molecule has 3 aromatic rings. The van der Waals surface area contributed by atoms with Crippen LogP contribution in [0.3, 0.4) is 0 Å². The molecule has 0 unspecified atom stereocenters. The molecule has 5 nitrogen and oxygen atoms in total. The van der Waals surface area contributed by atoms with Crippen molar-refractivity contribution >= 4 is 16.9 Å². The largest absolute Gasteiger partial charge is 0.334 e. The maximum atomic E-state index is 11.9. The molecular weight excluding hydrogens is 204 g/mol. The van der Waals surface area contributed by atoms with E-state index in [-0.39, 0.29) is 5.91 Å². The molecule has 16 heavy (non-hydrogen) atoms. The van der Waals surface area contributed by atoms with E-state index >= 15 is 0 Å². The molecule has 3 rings (SSSR count). The summed E-state index contributed by atoms with van der Waals surface area (Å²) in [5.41, 5.74) is 1.62. The summed E-state index contributed by atoms with van der Waals surface area (Å²) in [6, 6.07) is 9.20. The molecule has 0 spiro atoms. The highest BCUT2D eigenvalue weighted by Crippen LogP contribution is 2.10. The van der Waals surface area contributed by atoms with Crippen molar-refractivity contribution in [1.82, 2.24) is 19.7 Å². The topological polar surface area (TPSA) is 63.6 Å². The number of aromatic nitrogens is 4. The first-order valence-corrected chi connectivity index (χ1v) is 4.84. The first-order chi connectivity index (χ1) is 7.84. The summed E-state index contributed by atoms with van der Waals surface area (Å²) in [7, 11) is 0. The number of aromatic amines is 1. The standard InChI is InChI=1S/C11H8N4O/c16-11(15-7-3-6-12-15)10-13-8-4-1-2-5-9(8)14-10/h1-7H,(H,13,14). The highest BCUT2D eigenvalue weighted by Gasteiger charge is 2.12. The quantitative estimate of drug-likeness (QED) is 0.664. The Morgan fingerprint density at radius 1 is 1.25 bits per heavy atom. The van der Waals surface area contributed by atoms with Crippen LogP contribution in [0.1, 0.15) is 10.6 Å². The van der Waals surface area contributed by atoms with Crippen molar-refractivity contribution in [2.24, 2.45) is 0 Å². The molecule has 78 valence electrons. The Hall–Kier alpha value is -2.43. The van der Waals surface area contributed by atoms with Crippen LogP contribution in [-0.2, 0) is 0 Å². The Morgan fingerprint density at radius 2 is 2.12 bits per heavy atom. The number of imidazole rings is 1. The predicted octanol–water partition coefficient (Wildman–Crippen LogP) is 1.45. The highest BCUT2D eigenvalue weighted by atomic mass is 16.2. The molecule has 2 aromatic heterocycles. The predicted molar refractivity (Wildman–Crippen MR) is 58.0 cm³/mol. The second-order valence-corrected chi connectivity index (χ2v) is 3.36. The van der Waals surface area contributed by atoms with Crippen molar-refractivity contribution < 1.29 is 4.79 Å². The fourth-order valence-electron chi connectivity index (χ4n) is 1.55. The zero-order chi connectivity index (χ0) is 11.0. The van der Waals surface area contributed by atoms with E-state index in [1.165, 1.54) is 4.68 Å². The van der Waals surface area contributed by atoms with Gasteiger partial charge in [-0.05, 0) is 18.2 Å². The number of rotatable bonds is 1. The first kappa shape index (κ1) is 8.84. The zero-order valence-corrected chi connectivity index (χ0v) is 8.29. The molecule has 0 aliphatic rings. The van der Waals surface area contributed by atoms with Crippen molar-refractivity contribution in [2.75, 3.05) is 0 Å². The van der Waals surface area contributed by atoms with Gasteiger partial charge in [-0.1, -0.05) is 12.1 Å². The van der Waals surface area contributed by atoms with Crippen LogP contribution in [0.15, 0.2) is 42.7 Å². The molecule has 0 bridgehead atoms. The summed E-state index contributed by atoms with van der Waals surface area (Å²) < 4.78 is 1.25. The lowest BCUT2D eigenvalue weighted by Crippen LogP contribution is -2.13. The second-order valence-electron chi connectivity index (χ2n) is 3.36. The normalized spacial score (nSPS) is 10.8. The number of para-hydroxylation sites is 2. The summed E-state index contributed by atoms with van der Waals surface area (Å²) in [4.78, 5) is 19.0. The van der Waals surface area contributed by atoms with E-state index in [1.807, 2.05) is 24.3 Å². The Labute approximate surface area is 90.7 Å². The average molecular weight is 212 g/mol. The van der Waals surface area contributed by atoms with Gasteiger partial charge in [-0.25, -0.2) is 9.67 Å². The minimum absolute atomic E-state index is 0.263. The van der Waals surface area contributed by atoms with Crippen molar-refractivity contribution in [3.63, 3.8) is 0 Å². The fraction of sp³-hybridized carbons (Fsp3) is 0. The van der Waals surface area contributed by atoms with Crippen LogP contribution >= 0.6 is 0 Å². The van der Waals surface area contributed by atoms with Gasteiger partial charge in [0, 0.05) is 12.4 Å². The molecule has 1 aromatic carbocycles. The van der Waals surface area contributed by atoms with E-state index in [9.17, 15) is 4.79 Å². The smallest absolute Gasteiger partial charge is 0.313 e. The van der Waals surface area contributed by atoms with Crippen LogP contribution < -0.4 is 0 Å². The monoisotopic (exact) mass is 212 g/mol. The van der Waals surface area contributed by atoms with Crippen molar-refractivity contribution in [2.45, 2.75) is 0 Å². The van der Waals surface area contributed by atoms with Gasteiger partial charge < -0.3 is 4.98 Å². The van der Waals surface area contributed by atoms with Gasteiger partial charge in [0.25, 0.3) is 0 Å². The van der Waals surface area contributed by atoms with Gasteiger partial charge in [0.15, 0.2) is 5.82 Å². The Bertz CT molecular complexity index is 606. The number of fused-ring (bicyclic) bond motifs is 1. The van der Waals surface area contributed by atoms with Gasteiger partial charge in [-0.3, -0.25) is 4.79 Å². The van der Waals surface area contributed by atoms with Gasteiger partial charge in [-0.2, -0.15) is 5.10 Å². The number of hydrogen-bond acceptors (Lipinski definition) is 3. The van der Waals surface area contributed by atoms with E-state index < -0.39 is 0 Å². The minimum atomic E-state index is -0.263. The van der Waals surface area contributed by atoms with Crippen molar-refractivity contribution in [1.29, 1.82) is 0 Å². The molecule has 0 amide bonds. The number of carbonyl (C=O) groups is 1. The van der Waals surface area contributed by atoms with Crippen LogP contribution in [0.2, 0.25) is 0 Å². The van der Waals surface area contributed by atoms with Gasteiger partial charge in [0.05, 0.1) is 11.0 Å². The summed E-state index contributed by atoms with van der Waals surface area (Å²) >= 11 is 0. The first-order valence-electron chi connectivity index (χ1n) is 4.84. The zero-order valence-electron chi connectivity index (χ0n) is 8.29. The van der Waals surface area contributed by atoms with E-state index in [1.54, 1.807) is 18.5 Å². The van der Waals surface area contributed by atoms with Crippen LogP contribution in [0.5, 0.6) is 0 Å². The summed E-state index contributed by atoms with van der Waals surface area (Å²) in [5, 5.41) is 3.87. The Balaban J connectivity index is 2.10. The highest BCUT2D eigenvalue weighted by molar-refractivity contribution is 5.95. The molecule has 0 atom stereocenters. The van der Waals surface area contributed by atoms with E-state index in [4.69, 9.17) is 0 Å². The number of benzene rings is 1. The third kappa shape index (κ3) is 1.30. The van der Waals surface area contributed by atoms with Crippen LogP contribution in [-0.4, -0.2) is 25.7 Å². The second kappa shape index (κ2) is 3.30. The molecule has 0 saturated carbocycles. The van der Waals surface area contributed by atoms with E-state index in [0.29, 0.717) is 5.82 Å². The third-order valence-electron chi connectivity index (χ3n) is 2.30. The number of hydrogen-bond donors (Lipinski definition) is 1. The molecule has 1 N–H and O–H groups in total. The van der Waals surface area contributed by atoms with Gasteiger partial charge in [-0.15, -0.1) is 0 Å². The molecule has 0 radical (unpaired) electrons. The number of nitrogens with zero attached hydrogens (tertiary/aromatic N) is 3. The molecule has 0 aliphatic carbocycles. The minimum Gasteiger partial charge on any atom is -0.334 e. The molecule has 0 aliphatic heterocycles. The lowest BCUT2D eigenvalue weighted by atomic mass is 10.3. The SMILES string of the molecule is O=C(c1nc2ccccc2[nH]1)n1cccn1.